The SMILES string of the molecule is CCOC(=O)C(c1cnccc1C)N1CCCNCC1. The third-order valence-corrected chi connectivity index (χ3v) is 3.62. The second-order valence-electron chi connectivity index (χ2n) is 5.03. The molecule has 0 spiro atoms. The Kier molecular flexibility index (Phi) is 5.49. The van der Waals surface area contributed by atoms with Crippen LogP contribution in [0.25, 0.3) is 0 Å². The van der Waals surface area contributed by atoms with E-state index >= 15 is 0 Å². The van der Waals surface area contributed by atoms with Gasteiger partial charge in [-0.1, -0.05) is 0 Å². The number of carbonyl (C=O) groups is 1. The summed E-state index contributed by atoms with van der Waals surface area (Å²) in [4.78, 5) is 18.8. The van der Waals surface area contributed by atoms with E-state index in [-0.39, 0.29) is 12.0 Å². The first-order valence-electron chi connectivity index (χ1n) is 7.26. The molecule has 1 saturated heterocycles. The predicted molar refractivity (Wildman–Crippen MR) is 77.4 cm³/mol. The lowest BCUT2D eigenvalue weighted by molar-refractivity contribution is -0.149. The molecule has 1 aromatic rings. The normalized spacial score (nSPS) is 18.3. The Hall–Kier alpha value is -1.46. The average molecular weight is 277 g/mol. The fraction of sp³-hybridized carbons (Fsp3) is 0.600. The van der Waals surface area contributed by atoms with Crippen molar-refractivity contribution in [3.8, 4) is 0 Å². The Morgan fingerprint density at radius 2 is 2.35 bits per heavy atom. The minimum Gasteiger partial charge on any atom is -0.465 e. The number of pyridine rings is 1. The largest absolute Gasteiger partial charge is 0.465 e. The number of ether oxygens (including phenoxy) is 1. The minimum atomic E-state index is -0.344. The molecule has 110 valence electrons. The summed E-state index contributed by atoms with van der Waals surface area (Å²) in [7, 11) is 0. The third-order valence-electron chi connectivity index (χ3n) is 3.62. The Labute approximate surface area is 120 Å². The maximum Gasteiger partial charge on any atom is 0.328 e. The van der Waals surface area contributed by atoms with Crippen molar-refractivity contribution < 1.29 is 9.53 Å². The molecule has 1 N–H and O–H groups in total. The van der Waals surface area contributed by atoms with Gasteiger partial charge in [0.1, 0.15) is 6.04 Å². The van der Waals surface area contributed by atoms with Crippen LogP contribution in [0.1, 0.15) is 30.5 Å². The standard InChI is InChI=1S/C15H23N3O2/c1-3-20-15(19)14(13-11-17-7-5-12(13)2)18-9-4-6-16-8-10-18/h5,7,11,14,16H,3-4,6,8-10H2,1-2H3. The first-order chi connectivity index (χ1) is 9.74. The van der Waals surface area contributed by atoms with E-state index in [2.05, 4.69) is 15.2 Å². The van der Waals surface area contributed by atoms with Gasteiger partial charge in [-0.05, 0) is 38.4 Å². The van der Waals surface area contributed by atoms with Crippen LogP contribution >= 0.6 is 0 Å². The summed E-state index contributed by atoms with van der Waals surface area (Å²) in [6.07, 6.45) is 4.58. The first kappa shape index (κ1) is 14.9. The van der Waals surface area contributed by atoms with E-state index in [1.807, 2.05) is 19.9 Å². The highest BCUT2D eigenvalue weighted by Gasteiger charge is 2.30. The summed E-state index contributed by atoms with van der Waals surface area (Å²) >= 11 is 0. The van der Waals surface area contributed by atoms with Crippen molar-refractivity contribution in [1.29, 1.82) is 0 Å². The first-order valence-corrected chi connectivity index (χ1v) is 7.26. The van der Waals surface area contributed by atoms with Crippen molar-refractivity contribution in [3.63, 3.8) is 0 Å². The van der Waals surface area contributed by atoms with E-state index in [4.69, 9.17) is 4.74 Å². The molecule has 1 aromatic heterocycles. The Balaban J connectivity index is 2.28. The van der Waals surface area contributed by atoms with Crippen LogP contribution in [0.3, 0.4) is 0 Å². The van der Waals surface area contributed by atoms with Crippen LogP contribution < -0.4 is 5.32 Å². The van der Waals surface area contributed by atoms with E-state index in [1.165, 1.54) is 0 Å². The zero-order chi connectivity index (χ0) is 14.4. The fourth-order valence-electron chi connectivity index (χ4n) is 2.58. The Morgan fingerprint density at radius 1 is 1.50 bits per heavy atom. The molecule has 20 heavy (non-hydrogen) atoms. The molecule has 1 atom stereocenters. The number of esters is 1. The van der Waals surface area contributed by atoms with Crippen LogP contribution in [0.5, 0.6) is 0 Å². The number of aromatic nitrogens is 1. The topological polar surface area (TPSA) is 54.5 Å². The molecule has 0 amide bonds. The summed E-state index contributed by atoms with van der Waals surface area (Å²) < 4.78 is 5.28. The van der Waals surface area contributed by atoms with E-state index in [0.717, 1.165) is 43.7 Å². The number of hydrogen-bond acceptors (Lipinski definition) is 5. The highest BCUT2D eigenvalue weighted by atomic mass is 16.5. The average Bonchev–Trinajstić information content (AvgIpc) is 2.71. The molecular formula is C15H23N3O2. The summed E-state index contributed by atoms with van der Waals surface area (Å²) in [6, 6.07) is 1.60. The fourth-order valence-corrected chi connectivity index (χ4v) is 2.58. The summed E-state index contributed by atoms with van der Waals surface area (Å²) in [6.45, 7) is 7.89. The molecule has 0 aromatic carbocycles. The molecular weight excluding hydrogens is 254 g/mol. The van der Waals surface area contributed by atoms with E-state index in [1.54, 1.807) is 12.4 Å². The van der Waals surface area contributed by atoms with Gasteiger partial charge in [-0.3, -0.25) is 9.88 Å². The second-order valence-corrected chi connectivity index (χ2v) is 5.03. The van der Waals surface area contributed by atoms with Gasteiger partial charge in [0, 0.05) is 37.6 Å². The number of aryl methyl sites for hydroxylation is 1. The molecule has 2 heterocycles. The van der Waals surface area contributed by atoms with Gasteiger partial charge < -0.3 is 10.1 Å². The third kappa shape index (κ3) is 3.55. The van der Waals surface area contributed by atoms with Crippen LogP contribution in [0, 0.1) is 6.92 Å². The number of hydrogen-bond donors (Lipinski definition) is 1. The molecule has 5 nitrogen and oxygen atoms in total. The van der Waals surface area contributed by atoms with Crippen molar-refractivity contribution >= 4 is 5.97 Å². The van der Waals surface area contributed by atoms with E-state index < -0.39 is 0 Å². The second kappa shape index (κ2) is 7.36. The molecule has 5 heteroatoms. The van der Waals surface area contributed by atoms with Crippen molar-refractivity contribution in [2.45, 2.75) is 26.3 Å². The summed E-state index contributed by atoms with van der Waals surface area (Å²) in [5, 5.41) is 3.36. The molecule has 1 aliphatic rings. The molecule has 1 unspecified atom stereocenters. The van der Waals surface area contributed by atoms with Crippen molar-refractivity contribution in [3.05, 3.63) is 29.6 Å². The molecule has 1 fully saturated rings. The van der Waals surface area contributed by atoms with Gasteiger partial charge in [-0.2, -0.15) is 0 Å². The zero-order valence-electron chi connectivity index (χ0n) is 12.3. The zero-order valence-corrected chi connectivity index (χ0v) is 12.3. The van der Waals surface area contributed by atoms with Crippen molar-refractivity contribution in [2.24, 2.45) is 0 Å². The number of nitrogens with zero attached hydrogens (tertiary/aromatic N) is 2. The van der Waals surface area contributed by atoms with Crippen LogP contribution in [0.2, 0.25) is 0 Å². The van der Waals surface area contributed by atoms with Crippen LogP contribution in [-0.4, -0.2) is 48.6 Å². The predicted octanol–water partition coefficient (Wildman–Crippen LogP) is 1.29. The molecule has 2 rings (SSSR count). The van der Waals surface area contributed by atoms with Crippen LogP contribution in [-0.2, 0) is 9.53 Å². The maximum atomic E-state index is 12.4. The van der Waals surface area contributed by atoms with Gasteiger partial charge in [0.2, 0.25) is 0 Å². The lowest BCUT2D eigenvalue weighted by Crippen LogP contribution is -2.38. The molecule has 0 radical (unpaired) electrons. The summed E-state index contributed by atoms with van der Waals surface area (Å²) in [5.74, 6) is -0.175. The van der Waals surface area contributed by atoms with Gasteiger partial charge in [-0.25, -0.2) is 4.79 Å². The molecule has 0 saturated carbocycles. The van der Waals surface area contributed by atoms with Gasteiger partial charge in [-0.15, -0.1) is 0 Å². The lowest BCUT2D eigenvalue weighted by atomic mass is 10.0. The van der Waals surface area contributed by atoms with Crippen molar-refractivity contribution in [2.75, 3.05) is 32.8 Å². The number of nitrogens with one attached hydrogen (secondary N) is 1. The lowest BCUT2D eigenvalue weighted by Gasteiger charge is -2.29. The van der Waals surface area contributed by atoms with Crippen LogP contribution in [0.4, 0.5) is 0 Å². The van der Waals surface area contributed by atoms with Gasteiger partial charge in [0.15, 0.2) is 0 Å². The van der Waals surface area contributed by atoms with Gasteiger partial charge in [0.25, 0.3) is 0 Å². The van der Waals surface area contributed by atoms with E-state index in [0.29, 0.717) is 6.61 Å². The summed E-state index contributed by atoms with van der Waals surface area (Å²) in [5.41, 5.74) is 2.03. The Bertz CT molecular complexity index is 442. The highest BCUT2D eigenvalue weighted by Crippen LogP contribution is 2.25. The quantitative estimate of drug-likeness (QED) is 0.841. The number of carbonyl (C=O) groups excluding carboxylic acids is 1. The number of rotatable bonds is 4. The molecule has 1 aliphatic heterocycles. The van der Waals surface area contributed by atoms with Crippen LogP contribution in [0.15, 0.2) is 18.5 Å². The van der Waals surface area contributed by atoms with E-state index in [9.17, 15) is 4.79 Å². The minimum absolute atomic E-state index is 0.175. The molecule has 0 aliphatic carbocycles. The monoisotopic (exact) mass is 277 g/mol. The van der Waals surface area contributed by atoms with Crippen molar-refractivity contribution in [1.82, 2.24) is 15.2 Å². The highest BCUT2D eigenvalue weighted by molar-refractivity contribution is 5.78. The molecule has 0 bridgehead atoms. The van der Waals surface area contributed by atoms with Gasteiger partial charge in [0.05, 0.1) is 6.61 Å². The Morgan fingerprint density at radius 3 is 3.10 bits per heavy atom. The smallest absolute Gasteiger partial charge is 0.328 e. The maximum absolute atomic E-state index is 12.4. The van der Waals surface area contributed by atoms with Gasteiger partial charge >= 0.3 is 5.97 Å².